The summed E-state index contributed by atoms with van der Waals surface area (Å²) in [5.41, 5.74) is 6.14. The summed E-state index contributed by atoms with van der Waals surface area (Å²) in [6.07, 6.45) is 5.64. The highest BCUT2D eigenvalue weighted by molar-refractivity contribution is 7.11. The average molecular weight is 225 g/mol. The summed E-state index contributed by atoms with van der Waals surface area (Å²) in [6, 6.07) is 0. The summed E-state index contributed by atoms with van der Waals surface area (Å²) < 4.78 is 0. The van der Waals surface area contributed by atoms with Gasteiger partial charge in [0.15, 0.2) is 0 Å². The molecule has 1 saturated carbocycles. The minimum atomic E-state index is 0.421. The summed E-state index contributed by atoms with van der Waals surface area (Å²) in [5.74, 6) is 0. The Kier molecular flexibility index (Phi) is 3.38. The first kappa shape index (κ1) is 11.0. The first-order valence-corrected chi connectivity index (χ1v) is 6.44. The van der Waals surface area contributed by atoms with Gasteiger partial charge in [0.05, 0.1) is 0 Å². The molecule has 0 aromatic carbocycles. The van der Waals surface area contributed by atoms with Crippen LogP contribution in [0.15, 0.2) is 6.20 Å². The zero-order valence-corrected chi connectivity index (χ0v) is 10.1. The van der Waals surface area contributed by atoms with Crippen LogP contribution in [0.2, 0.25) is 0 Å². The number of aromatic nitrogens is 1. The minimum Gasteiger partial charge on any atom is -0.330 e. The molecule has 1 aliphatic carbocycles. The number of nitrogens with zero attached hydrogens (tertiary/aromatic N) is 1. The van der Waals surface area contributed by atoms with Crippen molar-refractivity contribution < 1.29 is 0 Å². The molecule has 0 unspecified atom stereocenters. The van der Waals surface area contributed by atoms with Crippen molar-refractivity contribution in [3.63, 3.8) is 0 Å². The molecule has 0 saturated heterocycles. The van der Waals surface area contributed by atoms with Crippen LogP contribution in [0, 0.1) is 5.41 Å². The van der Waals surface area contributed by atoms with Crippen LogP contribution in [0.5, 0.6) is 0 Å². The molecule has 84 valence electrons. The van der Waals surface area contributed by atoms with Gasteiger partial charge in [-0.15, -0.1) is 11.3 Å². The molecular formula is C11H19N3S. The van der Waals surface area contributed by atoms with Crippen molar-refractivity contribution in [2.75, 3.05) is 13.1 Å². The first-order chi connectivity index (χ1) is 7.28. The summed E-state index contributed by atoms with van der Waals surface area (Å²) >= 11 is 1.81. The van der Waals surface area contributed by atoms with Crippen LogP contribution in [-0.2, 0) is 13.0 Å². The molecule has 3 nitrogen and oxygen atoms in total. The fourth-order valence-corrected chi connectivity index (χ4v) is 2.49. The van der Waals surface area contributed by atoms with Gasteiger partial charge in [0, 0.05) is 24.2 Å². The lowest BCUT2D eigenvalue weighted by Crippen LogP contribution is -2.29. The third kappa shape index (κ3) is 2.77. The highest BCUT2D eigenvalue weighted by Crippen LogP contribution is 2.43. The number of thiazole rings is 1. The molecule has 1 aliphatic rings. The SMILES string of the molecule is CCc1cnc(CNCC2(CN)CC2)s1. The molecule has 4 heteroatoms. The molecule has 0 amide bonds. The molecule has 0 radical (unpaired) electrons. The third-order valence-corrected chi connectivity index (χ3v) is 4.26. The molecule has 15 heavy (non-hydrogen) atoms. The van der Waals surface area contributed by atoms with Crippen LogP contribution < -0.4 is 11.1 Å². The average Bonchev–Trinajstić information content (AvgIpc) is 2.89. The van der Waals surface area contributed by atoms with Crippen molar-refractivity contribution in [3.05, 3.63) is 16.1 Å². The molecule has 0 bridgehead atoms. The Labute approximate surface area is 95.1 Å². The van der Waals surface area contributed by atoms with Crippen LogP contribution >= 0.6 is 11.3 Å². The normalized spacial score (nSPS) is 18.0. The second-order valence-corrected chi connectivity index (χ2v) is 5.58. The van der Waals surface area contributed by atoms with Crippen LogP contribution in [0.25, 0.3) is 0 Å². The monoisotopic (exact) mass is 225 g/mol. The van der Waals surface area contributed by atoms with E-state index in [4.69, 9.17) is 5.73 Å². The predicted octanol–water partition coefficient (Wildman–Crippen LogP) is 1.53. The molecule has 1 fully saturated rings. The zero-order chi connectivity index (χ0) is 10.7. The maximum atomic E-state index is 5.72. The zero-order valence-electron chi connectivity index (χ0n) is 9.25. The van der Waals surface area contributed by atoms with Crippen molar-refractivity contribution in [1.82, 2.24) is 10.3 Å². The Bertz CT molecular complexity index is 317. The molecule has 1 heterocycles. The lowest BCUT2D eigenvalue weighted by Gasteiger charge is -2.11. The standard InChI is InChI=1S/C11H19N3S/c1-2-9-5-14-10(15-9)6-13-8-11(7-12)3-4-11/h5,13H,2-4,6-8,12H2,1H3. The largest absolute Gasteiger partial charge is 0.330 e. The molecule has 0 aliphatic heterocycles. The van der Waals surface area contributed by atoms with Gasteiger partial charge in [-0.3, -0.25) is 0 Å². The van der Waals surface area contributed by atoms with E-state index in [1.54, 1.807) is 11.3 Å². The lowest BCUT2D eigenvalue weighted by molar-refractivity contribution is 0.467. The third-order valence-electron chi connectivity index (χ3n) is 3.12. The number of aryl methyl sites for hydroxylation is 1. The van der Waals surface area contributed by atoms with Gasteiger partial charge in [-0.1, -0.05) is 6.92 Å². The molecule has 2 rings (SSSR count). The van der Waals surface area contributed by atoms with Crippen LogP contribution in [-0.4, -0.2) is 18.1 Å². The Morgan fingerprint density at radius 1 is 1.60 bits per heavy atom. The fourth-order valence-electron chi connectivity index (χ4n) is 1.66. The van der Waals surface area contributed by atoms with Gasteiger partial charge >= 0.3 is 0 Å². The maximum Gasteiger partial charge on any atom is 0.107 e. The topological polar surface area (TPSA) is 50.9 Å². The van der Waals surface area contributed by atoms with Crippen LogP contribution in [0.4, 0.5) is 0 Å². The van der Waals surface area contributed by atoms with E-state index < -0.39 is 0 Å². The highest BCUT2D eigenvalue weighted by atomic mass is 32.1. The molecule has 3 N–H and O–H groups in total. The molecule has 1 aromatic heterocycles. The van der Waals surface area contributed by atoms with E-state index in [0.717, 1.165) is 26.1 Å². The van der Waals surface area contributed by atoms with Gasteiger partial charge in [-0.25, -0.2) is 4.98 Å². The number of rotatable bonds is 6. The lowest BCUT2D eigenvalue weighted by atomic mass is 10.1. The van der Waals surface area contributed by atoms with E-state index in [-0.39, 0.29) is 0 Å². The molecule has 1 aromatic rings. The number of nitrogens with two attached hydrogens (primary N) is 1. The van der Waals surface area contributed by atoms with Gasteiger partial charge in [-0.05, 0) is 31.2 Å². The van der Waals surface area contributed by atoms with Gasteiger partial charge in [0.25, 0.3) is 0 Å². The van der Waals surface area contributed by atoms with Gasteiger partial charge in [0.1, 0.15) is 5.01 Å². The number of hydrogen-bond donors (Lipinski definition) is 2. The van der Waals surface area contributed by atoms with Crippen LogP contribution in [0.3, 0.4) is 0 Å². The van der Waals surface area contributed by atoms with E-state index in [0.29, 0.717) is 5.41 Å². The Hall–Kier alpha value is -0.450. The quantitative estimate of drug-likeness (QED) is 0.772. The fraction of sp³-hybridized carbons (Fsp3) is 0.727. The summed E-state index contributed by atoms with van der Waals surface area (Å²) in [4.78, 5) is 5.74. The van der Waals surface area contributed by atoms with Crippen molar-refractivity contribution in [1.29, 1.82) is 0 Å². The maximum absolute atomic E-state index is 5.72. The molecule has 0 spiro atoms. The minimum absolute atomic E-state index is 0.421. The molecule has 0 atom stereocenters. The Balaban J connectivity index is 1.73. The Morgan fingerprint density at radius 3 is 2.93 bits per heavy atom. The van der Waals surface area contributed by atoms with Crippen molar-refractivity contribution >= 4 is 11.3 Å². The summed E-state index contributed by atoms with van der Waals surface area (Å²) in [5, 5.41) is 4.65. The second-order valence-electron chi connectivity index (χ2n) is 4.38. The number of nitrogens with one attached hydrogen (secondary N) is 1. The van der Waals surface area contributed by atoms with Crippen molar-refractivity contribution in [2.45, 2.75) is 32.7 Å². The van der Waals surface area contributed by atoms with E-state index >= 15 is 0 Å². The smallest absolute Gasteiger partial charge is 0.107 e. The van der Waals surface area contributed by atoms with Gasteiger partial charge in [-0.2, -0.15) is 0 Å². The van der Waals surface area contributed by atoms with E-state index in [1.165, 1.54) is 22.7 Å². The molecular weight excluding hydrogens is 206 g/mol. The van der Waals surface area contributed by atoms with E-state index in [2.05, 4.69) is 17.2 Å². The summed E-state index contributed by atoms with van der Waals surface area (Å²) in [6.45, 7) is 4.92. The second kappa shape index (κ2) is 4.60. The highest BCUT2D eigenvalue weighted by Gasteiger charge is 2.40. The Morgan fingerprint density at radius 2 is 2.40 bits per heavy atom. The van der Waals surface area contributed by atoms with E-state index in [9.17, 15) is 0 Å². The van der Waals surface area contributed by atoms with Crippen molar-refractivity contribution in [2.24, 2.45) is 11.1 Å². The van der Waals surface area contributed by atoms with Crippen LogP contribution in [0.1, 0.15) is 29.7 Å². The van der Waals surface area contributed by atoms with Crippen molar-refractivity contribution in [3.8, 4) is 0 Å². The van der Waals surface area contributed by atoms with Gasteiger partial charge < -0.3 is 11.1 Å². The first-order valence-electron chi connectivity index (χ1n) is 5.62. The summed E-state index contributed by atoms with van der Waals surface area (Å²) in [7, 11) is 0. The van der Waals surface area contributed by atoms with Gasteiger partial charge in [0.2, 0.25) is 0 Å². The van der Waals surface area contributed by atoms with E-state index in [1.807, 2.05) is 6.20 Å². The predicted molar refractivity (Wildman–Crippen MR) is 63.9 cm³/mol. The number of hydrogen-bond acceptors (Lipinski definition) is 4.